The number of benzene rings is 1. The Morgan fingerprint density at radius 1 is 1.09 bits per heavy atom. The zero-order chi connectivity index (χ0) is 22.7. The number of sulfonamides is 1. The first kappa shape index (κ1) is 22.7. The molecule has 1 aliphatic rings. The van der Waals surface area contributed by atoms with Crippen molar-refractivity contribution in [1.82, 2.24) is 4.31 Å². The van der Waals surface area contributed by atoms with Crippen LogP contribution in [0.3, 0.4) is 0 Å². The summed E-state index contributed by atoms with van der Waals surface area (Å²) in [4.78, 5) is 26.4. The summed E-state index contributed by atoms with van der Waals surface area (Å²) in [6.07, 6.45) is 0.833. The molecule has 7 nitrogen and oxygen atoms in total. The predicted molar refractivity (Wildman–Crippen MR) is 126 cm³/mol. The minimum absolute atomic E-state index is 0.222. The number of carbonyl (C=O) groups excluding carboxylic acids is 2. The van der Waals surface area contributed by atoms with Gasteiger partial charge in [0, 0.05) is 23.9 Å². The molecular formula is C22H22N2O5S3. The van der Waals surface area contributed by atoms with Crippen molar-refractivity contribution in [2.45, 2.75) is 17.1 Å². The lowest BCUT2D eigenvalue weighted by Gasteiger charge is -2.30. The summed E-state index contributed by atoms with van der Waals surface area (Å²) in [7, 11) is -2.21. The van der Waals surface area contributed by atoms with E-state index in [0.717, 1.165) is 10.4 Å². The molecule has 32 heavy (non-hydrogen) atoms. The normalized spacial score (nSPS) is 15.4. The van der Waals surface area contributed by atoms with Crippen molar-refractivity contribution in [3.8, 4) is 10.4 Å². The monoisotopic (exact) mass is 490 g/mol. The van der Waals surface area contributed by atoms with E-state index in [2.05, 4.69) is 5.32 Å². The van der Waals surface area contributed by atoms with Crippen LogP contribution in [-0.2, 0) is 19.6 Å². The molecule has 10 heteroatoms. The van der Waals surface area contributed by atoms with Gasteiger partial charge in [-0.25, -0.2) is 13.2 Å². The lowest BCUT2D eigenvalue weighted by atomic mass is 9.97. The summed E-state index contributed by atoms with van der Waals surface area (Å²) in [5.74, 6) is -1.07. The molecule has 0 atom stereocenters. The molecule has 1 amide bonds. The Morgan fingerprint density at radius 3 is 2.44 bits per heavy atom. The second-order valence-electron chi connectivity index (χ2n) is 7.31. The van der Waals surface area contributed by atoms with E-state index in [1.54, 1.807) is 23.6 Å². The summed E-state index contributed by atoms with van der Waals surface area (Å²) in [5.41, 5.74) is 1.36. The number of thiophene rings is 2. The number of anilines is 1. The lowest BCUT2D eigenvalue weighted by molar-refractivity contribution is -0.120. The van der Waals surface area contributed by atoms with Crippen molar-refractivity contribution in [3.05, 3.63) is 58.8 Å². The fraction of sp³-hybridized carbons (Fsp3) is 0.273. The second kappa shape index (κ2) is 9.53. The number of piperidine rings is 1. The van der Waals surface area contributed by atoms with Crippen LogP contribution in [0.4, 0.5) is 5.69 Å². The molecule has 1 N–H and O–H groups in total. The van der Waals surface area contributed by atoms with Gasteiger partial charge in [-0.2, -0.15) is 4.31 Å². The van der Waals surface area contributed by atoms with E-state index in [9.17, 15) is 18.0 Å². The van der Waals surface area contributed by atoms with Crippen LogP contribution >= 0.6 is 22.7 Å². The molecule has 0 radical (unpaired) electrons. The Morgan fingerprint density at radius 2 is 1.81 bits per heavy atom. The number of hydrogen-bond acceptors (Lipinski definition) is 7. The molecule has 1 fully saturated rings. The summed E-state index contributed by atoms with van der Waals surface area (Å²) in [5, 5.41) is 4.60. The van der Waals surface area contributed by atoms with Crippen LogP contribution in [-0.4, -0.2) is 44.8 Å². The third-order valence-electron chi connectivity index (χ3n) is 5.33. The van der Waals surface area contributed by atoms with Gasteiger partial charge in [0.1, 0.15) is 9.09 Å². The van der Waals surface area contributed by atoms with Crippen molar-refractivity contribution in [3.63, 3.8) is 0 Å². The quantitative estimate of drug-likeness (QED) is 0.520. The standard InChI is InChI=1S/C22H22N2O5S3/c1-29-22(26)20-17(14-18(31-20)15-6-3-2-4-7-15)23-21(25)16-9-11-24(12-10-16)32(27,28)19-8-5-13-30-19/h2-8,13-14,16H,9-12H2,1H3,(H,23,25). The van der Waals surface area contributed by atoms with Crippen molar-refractivity contribution in [1.29, 1.82) is 0 Å². The summed E-state index contributed by atoms with van der Waals surface area (Å²) in [6, 6.07) is 14.7. The first-order valence-electron chi connectivity index (χ1n) is 10.0. The summed E-state index contributed by atoms with van der Waals surface area (Å²) >= 11 is 2.45. The number of hydrogen-bond donors (Lipinski definition) is 1. The summed E-state index contributed by atoms with van der Waals surface area (Å²) in [6.45, 7) is 0.558. The lowest BCUT2D eigenvalue weighted by Crippen LogP contribution is -2.41. The molecular weight excluding hydrogens is 468 g/mol. The Hall–Kier alpha value is -2.53. The van der Waals surface area contributed by atoms with Crippen LogP contribution < -0.4 is 5.32 Å². The van der Waals surface area contributed by atoms with Gasteiger partial charge in [-0.3, -0.25) is 4.79 Å². The highest BCUT2D eigenvalue weighted by atomic mass is 32.2. The molecule has 1 aromatic carbocycles. The van der Waals surface area contributed by atoms with Crippen LogP contribution in [0.15, 0.2) is 58.1 Å². The van der Waals surface area contributed by atoms with E-state index < -0.39 is 16.0 Å². The highest BCUT2D eigenvalue weighted by Gasteiger charge is 2.33. The van der Waals surface area contributed by atoms with Crippen molar-refractivity contribution >= 4 is 50.3 Å². The number of amides is 1. The van der Waals surface area contributed by atoms with Crippen molar-refractivity contribution in [2.24, 2.45) is 5.92 Å². The van der Waals surface area contributed by atoms with E-state index in [1.165, 1.54) is 34.1 Å². The predicted octanol–water partition coefficient (Wildman–Crippen LogP) is 4.30. The zero-order valence-electron chi connectivity index (χ0n) is 17.3. The average molecular weight is 491 g/mol. The molecule has 3 heterocycles. The van der Waals surface area contributed by atoms with Crippen molar-refractivity contribution < 1.29 is 22.7 Å². The van der Waals surface area contributed by atoms with Crippen LogP contribution in [0.25, 0.3) is 10.4 Å². The van der Waals surface area contributed by atoms with Gasteiger partial charge >= 0.3 is 5.97 Å². The van der Waals surface area contributed by atoms with E-state index in [-0.39, 0.29) is 24.9 Å². The summed E-state index contributed by atoms with van der Waals surface area (Å²) < 4.78 is 32.0. The maximum absolute atomic E-state index is 12.9. The van der Waals surface area contributed by atoms with Gasteiger partial charge in [0.15, 0.2) is 0 Å². The molecule has 1 saturated heterocycles. The first-order chi connectivity index (χ1) is 15.4. The number of nitrogens with zero attached hydrogens (tertiary/aromatic N) is 1. The fourth-order valence-electron chi connectivity index (χ4n) is 3.60. The molecule has 3 aromatic rings. The number of nitrogens with one attached hydrogen (secondary N) is 1. The molecule has 0 spiro atoms. The van der Waals surface area contributed by atoms with E-state index in [1.807, 2.05) is 30.3 Å². The van der Waals surface area contributed by atoms with Crippen LogP contribution in [0, 0.1) is 5.92 Å². The maximum Gasteiger partial charge on any atom is 0.350 e. The molecule has 0 saturated carbocycles. The van der Waals surface area contributed by atoms with Crippen LogP contribution in [0.1, 0.15) is 22.5 Å². The van der Waals surface area contributed by atoms with E-state index >= 15 is 0 Å². The Kier molecular flexibility index (Phi) is 6.75. The molecule has 0 bridgehead atoms. The minimum Gasteiger partial charge on any atom is -0.465 e. The largest absolute Gasteiger partial charge is 0.465 e. The maximum atomic E-state index is 12.9. The Balaban J connectivity index is 1.46. The number of ether oxygens (including phenoxy) is 1. The Labute approximate surface area is 194 Å². The molecule has 4 rings (SSSR count). The first-order valence-corrected chi connectivity index (χ1v) is 13.2. The highest BCUT2D eigenvalue weighted by Crippen LogP contribution is 2.36. The second-order valence-corrected chi connectivity index (χ2v) is 11.5. The van der Waals surface area contributed by atoms with Crippen molar-refractivity contribution in [2.75, 3.05) is 25.5 Å². The topological polar surface area (TPSA) is 92.8 Å². The van der Waals surface area contributed by atoms with Gasteiger partial charge in [0.2, 0.25) is 5.91 Å². The van der Waals surface area contributed by atoms with Gasteiger partial charge in [0.05, 0.1) is 12.8 Å². The minimum atomic E-state index is -3.51. The van der Waals surface area contributed by atoms with Gasteiger partial charge in [-0.05, 0) is 35.9 Å². The third-order valence-corrected chi connectivity index (χ3v) is 9.77. The van der Waals surface area contributed by atoms with Gasteiger partial charge in [-0.1, -0.05) is 36.4 Å². The number of rotatable bonds is 6. The molecule has 1 aliphatic heterocycles. The van der Waals surface area contributed by atoms with Gasteiger partial charge in [-0.15, -0.1) is 22.7 Å². The zero-order valence-corrected chi connectivity index (χ0v) is 19.8. The Bertz CT molecular complexity index is 1200. The molecule has 2 aromatic heterocycles. The van der Waals surface area contributed by atoms with Crippen LogP contribution in [0.5, 0.6) is 0 Å². The van der Waals surface area contributed by atoms with Gasteiger partial charge < -0.3 is 10.1 Å². The number of esters is 1. The molecule has 0 aliphatic carbocycles. The molecule has 0 unspecified atom stereocenters. The van der Waals surface area contributed by atoms with E-state index in [4.69, 9.17) is 4.74 Å². The van der Waals surface area contributed by atoms with E-state index in [0.29, 0.717) is 27.6 Å². The highest BCUT2D eigenvalue weighted by molar-refractivity contribution is 7.91. The van der Waals surface area contributed by atoms with Gasteiger partial charge in [0.25, 0.3) is 10.0 Å². The van der Waals surface area contributed by atoms with Crippen LogP contribution in [0.2, 0.25) is 0 Å². The molecule has 168 valence electrons. The number of carbonyl (C=O) groups is 2. The third kappa shape index (κ3) is 4.63. The number of methoxy groups -OCH3 is 1. The fourth-order valence-corrected chi connectivity index (χ4v) is 7.25. The smallest absolute Gasteiger partial charge is 0.350 e. The SMILES string of the molecule is COC(=O)c1sc(-c2ccccc2)cc1NC(=O)C1CCN(S(=O)(=O)c2cccs2)CC1. The average Bonchev–Trinajstić information content (AvgIpc) is 3.50.